The molecule has 0 unspecified atom stereocenters. The molecule has 3 aromatic rings. The van der Waals surface area contributed by atoms with Crippen molar-refractivity contribution in [2.75, 3.05) is 6.54 Å². The van der Waals surface area contributed by atoms with Gasteiger partial charge < -0.3 is 0 Å². The van der Waals surface area contributed by atoms with Crippen LogP contribution in [0.2, 0.25) is 15.1 Å². The number of carbonyl (C=O) groups is 1. The maximum Gasteiger partial charge on any atom is 0.264 e. The second kappa shape index (κ2) is 15.3. The van der Waals surface area contributed by atoms with E-state index in [-0.39, 0.29) is 5.91 Å². The van der Waals surface area contributed by atoms with Gasteiger partial charge in [0.25, 0.3) is 5.91 Å². The summed E-state index contributed by atoms with van der Waals surface area (Å²) < 4.78 is 1.83. The van der Waals surface area contributed by atoms with E-state index in [4.69, 9.17) is 39.9 Å². The average Bonchev–Trinajstić information content (AvgIpc) is 3.21. The molecular formula is C29H39Cl3N4O. The molecular weight excluding hydrogens is 527 g/mol. The lowest BCUT2D eigenvalue weighted by Gasteiger charge is -2.35. The van der Waals surface area contributed by atoms with Crippen molar-refractivity contribution in [1.29, 1.82) is 0 Å². The van der Waals surface area contributed by atoms with E-state index in [1.165, 1.54) is 0 Å². The second-order valence-corrected chi connectivity index (χ2v) is 9.66. The maximum absolute atomic E-state index is 12.5. The van der Waals surface area contributed by atoms with Gasteiger partial charge in [-0.05, 0) is 76.3 Å². The van der Waals surface area contributed by atoms with Crippen LogP contribution in [-0.2, 0) is 11.3 Å². The maximum atomic E-state index is 12.5. The average molecular weight is 566 g/mol. The highest BCUT2D eigenvalue weighted by Gasteiger charge is 2.35. The lowest BCUT2D eigenvalue weighted by molar-refractivity contribution is -0.128. The highest BCUT2D eigenvalue weighted by atomic mass is 35.5. The van der Waals surface area contributed by atoms with Gasteiger partial charge in [0.2, 0.25) is 0 Å². The van der Waals surface area contributed by atoms with Crippen LogP contribution in [0.3, 0.4) is 0 Å². The fourth-order valence-corrected chi connectivity index (χ4v) is 4.42. The number of aliphatic imine (C=N–C) groups is 1. The number of amides is 1. The Kier molecular flexibility index (Phi) is 13.6. The van der Waals surface area contributed by atoms with Crippen LogP contribution in [0.15, 0.2) is 47.5 Å². The van der Waals surface area contributed by atoms with Gasteiger partial charge in [-0.1, -0.05) is 81.6 Å². The summed E-state index contributed by atoms with van der Waals surface area (Å²) >= 11 is 18.8. The Labute approximate surface area is 237 Å². The van der Waals surface area contributed by atoms with Gasteiger partial charge in [0, 0.05) is 22.2 Å². The number of benzene rings is 2. The molecule has 2 aromatic carbocycles. The summed E-state index contributed by atoms with van der Waals surface area (Å²) in [5, 5.41) is 6.64. The molecule has 1 heterocycles. The molecule has 0 aliphatic carbocycles. The van der Waals surface area contributed by atoms with Gasteiger partial charge in [0.1, 0.15) is 0 Å². The molecule has 202 valence electrons. The lowest BCUT2D eigenvalue weighted by Crippen LogP contribution is -2.49. The van der Waals surface area contributed by atoms with Crippen molar-refractivity contribution in [3.05, 3.63) is 68.8 Å². The van der Waals surface area contributed by atoms with Gasteiger partial charge in [0.15, 0.2) is 0 Å². The topological polar surface area (TPSA) is 50.5 Å². The first kappa shape index (κ1) is 32.8. The van der Waals surface area contributed by atoms with Gasteiger partial charge in [-0.3, -0.25) is 9.69 Å². The standard InChI is InChI=1S/C25H27Cl3N4O.2C2H6/c1-6-13-31(25(3,4)24(33)29-5)15-21-16(2)23(17-7-9-18(26)10-8-17)32(30-21)22-12-11-19(27)14-20(22)28;2*1-2/h7-12,14H,5-6,13,15H2,1-4H3;2*1-2H3. The number of rotatable bonds is 8. The summed E-state index contributed by atoms with van der Waals surface area (Å²) in [6, 6.07) is 12.9. The van der Waals surface area contributed by atoms with Crippen LogP contribution in [0.1, 0.15) is 66.1 Å². The first-order valence-electron chi connectivity index (χ1n) is 12.7. The summed E-state index contributed by atoms with van der Waals surface area (Å²) in [4.78, 5) is 18.3. The zero-order valence-corrected chi connectivity index (χ0v) is 25.5. The Morgan fingerprint density at radius 1 is 1.03 bits per heavy atom. The molecule has 0 atom stereocenters. The van der Waals surface area contributed by atoms with Crippen LogP contribution in [0, 0.1) is 6.92 Å². The molecule has 1 aromatic heterocycles. The minimum absolute atomic E-state index is 0.272. The van der Waals surface area contributed by atoms with Crippen molar-refractivity contribution in [3.63, 3.8) is 0 Å². The molecule has 5 nitrogen and oxygen atoms in total. The molecule has 0 N–H and O–H groups in total. The Bertz CT molecular complexity index is 1170. The highest BCUT2D eigenvalue weighted by Crippen LogP contribution is 2.34. The van der Waals surface area contributed by atoms with Gasteiger partial charge in [-0.25, -0.2) is 9.67 Å². The van der Waals surface area contributed by atoms with E-state index >= 15 is 0 Å². The van der Waals surface area contributed by atoms with E-state index in [2.05, 4.69) is 23.5 Å². The van der Waals surface area contributed by atoms with E-state index in [9.17, 15) is 4.79 Å². The minimum atomic E-state index is -0.813. The molecule has 3 rings (SSSR count). The monoisotopic (exact) mass is 564 g/mol. The second-order valence-electron chi connectivity index (χ2n) is 8.38. The molecule has 0 radical (unpaired) electrons. The third-order valence-corrected chi connectivity index (χ3v) is 6.56. The smallest absolute Gasteiger partial charge is 0.264 e. The van der Waals surface area contributed by atoms with Gasteiger partial charge >= 0.3 is 0 Å². The van der Waals surface area contributed by atoms with Crippen LogP contribution in [-0.4, -0.2) is 39.4 Å². The predicted octanol–water partition coefficient (Wildman–Crippen LogP) is 9.08. The highest BCUT2D eigenvalue weighted by molar-refractivity contribution is 6.35. The number of carbonyl (C=O) groups excluding carboxylic acids is 1. The number of aromatic nitrogens is 2. The largest absolute Gasteiger partial charge is 0.284 e. The third-order valence-electron chi connectivity index (χ3n) is 5.77. The van der Waals surface area contributed by atoms with E-state index in [1.54, 1.807) is 12.1 Å². The summed E-state index contributed by atoms with van der Waals surface area (Å²) in [6.07, 6.45) is 0.876. The molecule has 0 saturated heterocycles. The molecule has 0 saturated carbocycles. The minimum Gasteiger partial charge on any atom is -0.284 e. The molecule has 0 spiro atoms. The third kappa shape index (κ3) is 7.90. The molecule has 0 aliphatic rings. The number of nitrogens with zero attached hydrogens (tertiary/aromatic N) is 4. The van der Waals surface area contributed by atoms with Crippen molar-refractivity contribution >= 4 is 47.4 Å². The number of halogens is 3. The van der Waals surface area contributed by atoms with E-state index in [0.29, 0.717) is 33.8 Å². The molecule has 0 bridgehead atoms. The van der Waals surface area contributed by atoms with Crippen molar-refractivity contribution < 1.29 is 4.79 Å². The van der Waals surface area contributed by atoms with Gasteiger partial charge in [-0.2, -0.15) is 5.10 Å². The number of hydrogen-bond donors (Lipinski definition) is 0. The zero-order valence-electron chi connectivity index (χ0n) is 23.2. The summed E-state index contributed by atoms with van der Waals surface area (Å²) in [5.41, 5.74) is 3.57. The molecule has 0 fully saturated rings. The summed E-state index contributed by atoms with van der Waals surface area (Å²) in [7, 11) is 0. The SMILES string of the molecule is C=NC(=O)C(C)(C)N(CCC)Cc1nn(-c2ccc(Cl)cc2Cl)c(-c2ccc(Cl)cc2)c1C.CC.CC. The summed E-state index contributed by atoms with van der Waals surface area (Å²) in [6.45, 7) is 20.4. The zero-order chi connectivity index (χ0) is 28.3. The van der Waals surface area contributed by atoms with Gasteiger partial charge in [-0.15, -0.1) is 0 Å². The van der Waals surface area contributed by atoms with Crippen molar-refractivity contribution in [2.45, 2.75) is 73.9 Å². The number of hydrogen-bond acceptors (Lipinski definition) is 3. The van der Waals surface area contributed by atoms with Crippen molar-refractivity contribution in [1.82, 2.24) is 14.7 Å². The fourth-order valence-electron chi connectivity index (χ4n) is 3.80. The quantitative estimate of drug-likeness (QED) is 0.256. The van der Waals surface area contributed by atoms with Crippen molar-refractivity contribution in [2.24, 2.45) is 4.99 Å². The van der Waals surface area contributed by atoms with Crippen LogP contribution in [0.4, 0.5) is 0 Å². The summed E-state index contributed by atoms with van der Waals surface area (Å²) in [5.74, 6) is -0.272. The Morgan fingerprint density at radius 3 is 2.11 bits per heavy atom. The normalized spacial score (nSPS) is 10.8. The van der Waals surface area contributed by atoms with E-state index in [0.717, 1.165) is 28.9 Å². The van der Waals surface area contributed by atoms with Crippen molar-refractivity contribution in [3.8, 4) is 16.9 Å². The van der Waals surface area contributed by atoms with Gasteiger partial charge in [0.05, 0.1) is 27.6 Å². The van der Waals surface area contributed by atoms with E-state index < -0.39 is 5.54 Å². The van der Waals surface area contributed by atoms with E-state index in [1.807, 2.05) is 83.5 Å². The first-order chi connectivity index (χ1) is 17.6. The Hall–Kier alpha value is -2.18. The van der Waals surface area contributed by atoms with Crippen LogP contribution >= 0.6 is 34.8 Å². The lowest BCUT2D eigenvalue weighted by atomic mass is 10.00. The Balaban J connectivity index is 0.00000163. The van der Waals surface area contributed by atoms with Crippen LogP contribution in [0.5, 0.6) is 0 Å². The van der Waals surface area contributed by atoms with Crippen LogP contribution in [0.25, 0.3) is 16.9 Å². The molecule has 8 heteroatoms. The fraction of sp³-hybridized carbons (Fsp3) is 0.414. The molecule has 37 heavy (non-hydrogen) atoms. The van der Waals surface area contributed by atoms with Crippen LogP contribution < -0.4 is 0 Å². The Morgan fingerprint density at radius 2 is 1.59 bits per heavy atom. The first-order valence-corrected chi connectivity index (χ1v) is 13.8. The predicted molar refractivity (Wildman–Crippen MR) is 161 cm³/mol. The molecule has 1 amide bonds. The molecule has 0 aliphatic heterocycles.